The fraction of sp³-hybridized carbons (Fsp3) is 0.571. The summed E-state index contributed by atoms with van der Waals surface area (Å²) in [7, 11) is 0. The van der Waals surface area contributed by atoms with Gasteiger partial charge >= 0.3 is 0 Å². The zero-order valence-corrected chi connectivity index (χ0v) is 11.9. The van der Waals surface area contributed by atoms with Gasteiger partial charge in [0, 0.05) is 6.04 Å². The lowest BCUT2D eigenvalue weighted by atomic mass is 9.92. The highest BCUT2D eigenvalue weighted by molar-refractivity contribution is 5.85. The van der Waals surface area contributed by atoms with Gasteiger partial charge in [0.25, 0.3) is 0 Å². The van der Waals surface area contributed by atoms with E-state index in [1.54, 1.807) is 0 Å². The number of nitrogens with two attached hydrogens (primary N) is 2. The molecule has 0 spiro atoms. The van der Waals surface area contributed by atoms with Crippen LogP contribution in [0.2, 0.25) is 0 Å². The van der Waals surface area contributed by atoms with Gasteiger partial charge in [-0.2, -0.15) is 0 Å². The largest absolute Gasteiger partial charge is 0.330 e. The van der Waals surface area contributed by atoms with Gasteiger partial charge in [-0.05, 0) is 56.8 Å². The smallest absolute Gasteiger partial charge is 0.0300 e. The van der Waals surface area contributed by atoms with E-state index in [0.29, 0.717) is 0 Å². The average molecular weight is 257 g/mol. The lowest BCUT2D eigenvalue weighted by molar-refractivity contribution is 0.586. The van der Waals surface area contributed by atoms with Crippen LogP contribution in [0, 0.1) is 20.8 Å². The van der Waals surface area contributed by atoms with Crippen LogP contribution in [0.1, 0.15) is 47.6 Å². The number of benzene rings is 1. The Morgan fingerprint density at radius 3 is 2.06 bits per heavy atom. The number of unbranched alkanes of at least 4 members (excludes halogenated alkanes) is 1. The molecule has 0 bridgehead atoms. The molecule has 0 aliphatic heterocycles. The van der Waals surface area contributed by atoms with Gasteiger partial charge in [-0.1, -0.05) is 24.1 Å². The van der Waals surface area contributed by atoms with Crippen molar-refractivity contribution in [3.05, 3.63) is 34.4 Å². The molecule has 1 aromatic carbocycles. The molecule has 0 radical (unpaired) electrons. The van der Waals surface area contributed by atoms with E-state index in [9.17, 15) is 0 Å². The van der Waals surface area contributed by atoms with Gasteiger partial charge in [-0.15, -0.1) is 12.4 Å². The lowest BCUT2D eigenvalue weighted by Crippen LogP contribution is -2.14. The summed E-state index contributed by atoms with van der Waals surface area (Å²) < 4.78 is 0. The van der Waals surface area contributed by atoms with Crippen molar-refractivity contribution in [2.75, 3.05) is 6.54 Å². The Morgan fingerprint density at radius 2 is 1.59 bits per heavy atom. The summed E-state index contributed by atoms with van der Waals surface area (Å²) in [6.07, 6.45) is 3.21. The number of aryl methyl sites for hydroxylation is 3. The highest BCUT2D eigenvalue weighted by Gasteiger charge is 2.11. The predicted octanol–water partition coefficient (Wildman–Crippen LogP) is 3.16. The van der Waals surface area contributed by atoms with Crippen molar-refractivity contribution in [1.29, 1.82) is 0 Å². The summed E-state index contributed by atoms with van der Waals surface area (Å²) >= 11 is 0. The van der Waals surface area contributed by atoms with Crippen LogP contribution in [0.5, 0.6) is 0 Å². The van der Waals surface area contributed by atoms with Crippen molar-refractivity contribution in [1.82, 2.24) is 0 Å². The minimum absolute atomic E-state index is 0. The molecule has 0 amide bonds. The first-order valence-corrected chi connectivity index (χ1v) is 6.09. The molecule has 0 aliphatic carbocycles. The second kappa shape index (κ2) is 7.70. The predicted molar refractivity (Wildman–Crippen MR) is 77.7 cm³/mol. The van der Waals surface area contributed by atoms with E-state index in [1.165, 1.54) is 22.3 Å². The molecule has 0 saturated carbocycles. The van der Waals surface area contributed by atoms with Crippen molar-refractivity contribution in [3.63, 3.8) is 0 Å². The minimum Gasteiger partial charge on any atom is -0.330 e. The van der Waals surface area contributed by atoms with Crippen molar-refractivity contribution >= 4 is 12.4 Å². The minimum atomic E-state index is 0. The maximum Gasteiger partial charge on any atom is 0.0300 e. The molecule has 0 saturated heterocycles. The molecule has 0 heterocycles. The van der Waals surface area contributed by atoms with Crippen molar-refractivity contribution < 1.29 is 0 Å². The summed E-state index contributed by atoms with van der Waals surface area (Å²) in [6, 6.07) is 4.59. The average Bonchev–Trinajstić information content (AvgIpc) is 2.16. The molecule has 98 valence electrons. The third-order valence-electron chi connectivity index (χ3n) is 3.08. The highest BCUT2D eigenvalue weighted by Crippen LogP contribution is 2.25. The second-order valence-electron chi connectivity index (χ2n) is 4.70. The quantitative estimate of drug-likeness (QED) is 0.795. The maximum absolute atomic E-state index is 6.25. The molecule has 4 N–H and O–H groups in total. The van der Waals surface area contributed by atoms with Crippen LogP contribution in [0.15, 0.2) is 12.1 Å². The number of halogens is 1. The molecule has 0 fully saturated rings. The van der Waals surface area contributed by atoms with Crippen molar-refractivity contribution in [3.8, 4) is 0 Å². The van der Waals surface area contributed by atoms with Gasteiger partial charge in [0.1, 0.15) is 0 Å². The third kappa shape index (κ3) is 4.66. The van der Waals surface area contributed by atoms with Gasteiger partial charge in [-0.3, -0.25) is 0 Å². The first kappa shape index (κ1) is 16.4. The third-order valence-corrected chi connectivity index (χ3v) is 3.08. The van der Waals surface area contributed by atoms with E-state index in [1.807, 2.05) is 0 Å². The summed E-state index contributed by atoms with van der Waals surface area (Å²) in [5.41, 5.74) is 17.0. The normalized spacial score (nSPS) is 12.1. The van der Waals surface area contributed by atoms with Gasteiger partial charge in [0.05, 0.1) is 0 Å². The molecule has 1 atom stereocenters. The molecule has 3 heteroatoms. The Hall–Kier alpha value is -0.570. The van der Waals surface area contributed by atoms with E-state index in [0.717, 1.165) is 25.8 Å². The zero-order valence-electron chi connectivity index (χ0n) is 11.1. The Bertz CT molecular complexity index is 327. The van der Waals surface area contributed by atoms with Crippen LogP contribution >= 0.6 is 12.4 Å². The van der Waals surface area contributed by atoms with E-state index >= 15 is 0 Å². The van der Waals surface area contributed by atoms with Crippen LogP contribution in [-0.2, 0) is 0 Å². The van der Waals surface area contributed by atoms with Crippen molar-refractivity contribution in [2.45, 2.75) is 46.1 Å². The molecule has 0 aromatic heterocycles. The fourth-order valence-electron chi connectivity index (χ4n) is 2.43. The fourth-order valence-corrected chi connectivity index (χ4v) is 2.43. The SMILES string of the molecule is Cc1cc(C)c([C@H](N)CCCCN)c(C)c1.Cl. The van der Waals surface area contributed by atoms with Crippen LogP contribution in [-0.4, -0.2) is 6.54 Å². The number of rotatable bonds is 5. The second-order valence-corrected chi connectivity index (χ2v) is 4.70. The Balaban J connectivity index is 0.00000256. The Labute approximate surface area is 111 Å². The molecule has 2 nitrogen and oxygen atoms in total. The summed E-state index contributed by atoms with van der Waals surface area (Å²) in [6.45, 7) is 7.19. The number of hydrogen-bond donors (Lipinski definition) is 2. The highest BCUT2D eigenvalue weighted by atomic mass is 35.5. The monoisotopic (exact) mass is 256 g/mol. The standard InChI is InChI=1S/C14H24N2.ClH/c1-10-8-11(2)14(12(3)9-10)13(16)6-4-5-7-15;/h8-9,13H,4-7,15-16H2,1-3H3;1H/t13-;/m1./s1. The molecule has 1 aromatic rings. The maximum atomic E-state index is 6.25. The Morgan fingerprint density at radius 1 is 1.06 bits per heavy atom. The number of hydrogen-bond acceptors (Lipinski definition) is 2. The van der Waals surface area contributed by atoms with Crippen LogP contribution in [0.25, 0.3) is 0 Å². The summed E-state index contributed by atoms with van der Waals surface area (Å²) in [5.74, 6) is 0. The van der Waals surface area contributed by atoms with Gasteiger partial charge < -0.3 is 11.5 Å². The van der Waals surface area contributed by atoms with E-state index in [-0.39, 0.29) is 18.4 Å². The molecule has 0 aliphatic rings. The summed E-state index contributed by atoms with van der Waals surface area (Å²) in [4.78, 5) is 0. The van der Waals surface area contributed by atoms with Gasteiger partial charge in [-0.25, -0.2) is 0 Å². The van der Waals surface area contributed by atoms with E-state index < -0.39 is 0 Å². The molecule has 17 heavy (non-hydrogen) atoms. The van der Waals surface area contributed by atoms with Gasteiger partial charge in [0.15, 0.2) is 0 Å². The molecular weight excluding hydrogens is 232 g/mol. The van der Waals surface area contributed by atoms with Crippen LogP contribution in [0.3, 0.4) is 0 Å². The molecule has 0 unspecified atom stereocenters. The Kier molecular flexibility index (Phi) is 7.44. The first-order valence-electron chi connectivity index (χ1n) is 6.09. The van der Waals surface area contributed by atoms with E-state index in [2.05, 4.69) is 32.9 Å². The van der Waals surface area contributed by atoms with Crippen LogP contribution < -0.4 is 11.5 Å². The molecule has 1 rings (SSSR count). The lowest BCUT2D eigenvalue weighted by Gasteiger charge is -2.18. The molecular formula is C14H25ClN2. The van der Waals surface area contributed by atoms with E-state index in [4.69, 9.17) is 11.5 Å². The first-order chi connectivity index (χ1) is 7.56. The van der Waals surface area contributed by atoms with Crippen molar-refractivity contribution in [2.24, 2.45) is 11.5 Å². The topological polar surface area (TPSA) is 52.0 Å². The van der Waals surface area contributed by atoms with Crippen LogP contribution in [0.4, 0.5) is 0 Å². The zero-order chi connectivity index (χ0) is 12.1. The van der Waals surface area contributed by atoms with Gasteiger partial charge in [0.2, 0.25) is 0 Å². The summed E-state index contributed by atoms with van der Waals surface area (Å²) in [5, 5.41) is 0.